The van der Waals surface area contributed by atoms with Gasteiger partial charge in [-0.05, 0) is 17.7 Å². The molecule has 6 nitrogen and oxygen atoms in total. The Morgan fingerprint density at radius 2 is 1.85 bits per heavy atom. The second-order valence-corrected chi connectivity index (χ2v) is 6.02. The van der Waals surface area contributed by atoms with Gasteiger partial charge in [-0.2, -0.15) is 0 Å². The molecule has 1 heterocycles. The van der Waals surface area contributed by atoms with Gasteiger partial charge in [0, 0.05) is 30.6 Å². The van der Waals surface area contributed by atoms with Crippen molar-refractivity contribution in [2.24, 2.45) is 0 Å². The fourth-order valence-corrected chi connectivity index (χ4v) is 2.97. The van der Waals surface area contributed by atoms with Crippen molar-refractivity contribution < 1.29 is 19.1 Å². The average molecular weight is 352 g/mol. The molecule has 134 valence electrons. The maximum Gasteiger partial charge on any atom is 0.260 e. The Morgan fingerprint density at radius 1 is 1.12 bits per heavy atom. The molecule has 1 N–H and O–H groups in total. The monoisotopic (exact) mass is 352 g/mol. The zero-order valence-electron chi connectivity index (χ0n) is 14.5. The first-order valence-electron chi connectivity index (χ1n) is 8.41. The number of carbonyl (C=O) groups is 3. The van der Waals surface area contributed by atoms with Crippen molar-refractivity contribution >= 4 is 17.7 Å². The second-order valence-electron chi connectivity index (χ2n) is 6.02. The van der Waals surface area contributed by atoms with Crippen molar-refractivity contribution in [1.29, 1.82) is 0 Å². The molecule has 0 saturated heterocycles. The van der Waals surface area contributed by atoms with Crippen molar-refractivity contribution in [3.63, 3.8) is 0 Å². The molecule has 0 bridgehead atoms. The van der Waals surface area contributed by atoms with Crippen LogP contribution in [0.25, 0.3) is 0 Å². The molecule has 2 aromatic carbocycles. The molecule has 3 amide bonds. The molecule has 3 rings (SSSR count). The predicted molar refractivity (Wildman–Crippen MR) is 95.6 cm³/mol. The number of benzene rings is 2. The number of amides is 3. The summed E-state index contributed by atoms with van der Waals surface area (Å²) >= 11 is 0. The van der Waals surface area contributed by atoms with E-state index >= 15 is 0 Å². The average Bonchev–Trinajstić information content (AvgIpc) is 2.66. The molecule has 6 heteroatoms. The zero-order chi connectivity index (χ0) is 18.5. The minimum absolute atomic E-state index is 0.0643. The van der Waals surface area contributed by atoms with Gasteiger partial charge in [0.1, 0.15) is 5.75 Å². The standard InChI is InChI=1S/C20H20N2O4/c1-26-17-9-5-3-7-15(17)13-21-18(23)10-11-22-19(24)12-14-6-2-4-8-16(14)20(22)25/h2-9H,10-13H2,1H3,(H,21,23). The van der Waals surface area contributed by atoms with E-state index in [0.717, 1.165) is 16.0 Å². The van der Waals surface area contributed by atoms with Crippen LogP contribution in [0, 0.1) is 0 Å². The van der Waals surface area contributed by atoms with Crippen molar-refractivity contribution in [2.45, 2.75) is 19.4 Å². The van der Waals surface area contributed by atoms with Crippen LogP contribution in [0.4, 0.5) is 0 Å². The lowest BCUT2D eigenvalue weighted by Crippen LogP contribution is -2.44. The van der Waals surface area contributed by atoms with Gasteiger partial charge in [-0.3, -0.25) is 19.3 Å². The SMILES string of the molecule is COc1ccccc1CNC(=O)CCN1C(=O)Cc2ccccc2C1=O. The van der Waals surface area contributed by atoms with Crippen molar-refractivity contribution in [1.82, 2.24) is 10.2 Å². The van der Waals surface area contributed by atoms with Gasteiger partial charge in [-0.1, -0.05) is 36.4 Å². The van der Waals surface area contributed by atoms with E-state index in [2.05, 4.69) is 5.32 Å². The van der Waals surface area contributed by atoms with Gasteiger partial charge < -0.3 is 10.1 Å². The molecule has 0 aromatic heterocycles. The number of ether oxygens (including phenoxy) is 1. The molecule has 2 aromatic rings. The quantitative estimate of drug-likeness (QED) is 0.806. The zero-order valence-corrected chi connectivity index (χ0v) is 14.5. The number of para-hydroxylation sites is 1. The Kier molecular flexibility index (Phi) is 5.31. The second kappa shape index (κ2) is 7.82. The summed E-state index contributed by atoms with van der Waals surface area (Å²) in [6, 6.07) is 14.5. The number of fused-ring (bicyclic) bond motifs is 1. The minimum atomic E-state index is -0.339. The summed E-state index contributed by atoms with van der Waals surface area (Å²) in [5.41, 5.74) is 2.13. The summed E-state index contributed by atoms with van der Waals surface area (Å²) in [4.78, 5) is 37.9. The van der Waals surface area contributed by atoms with E-state index in [1.165, 1.54) is 0 Å². The molecule has 0 atom stereocenters. The van der Waals surface area contributed by atoms with Crippen LogP contribution in [-0.4, -0.2) is 36.3 Å². The summed E-state index contributed by atoms with van der Waals surface area (Å²) in [6.45, 7) is 0.400. The molecule has 0 fully saturated rings. The van der Waals surface area contributed by atoms with Crippen LogP contribution in [0.15, 0.2) is 48.5 Å². The topological polar surface area (TPSA) is 75.7 Å². The number of imide groups is 1. The van der Waals surface area contributed by atoms with E-state index < -0.39 is 0 Å². The number of carbonyl (C=O) groups excluding carboxylic acids is 3. The van der Waals surface area contributed by atoms with Crippen LogP contribution in [0.1, 0.15) is 27.9 Å². The van der Waals surface area contributed by atoms with Crippen LogP contribution in [0.2, 0.25) is 0 Å². The first kappa shape index (κ1) is 17.7. The van der Waals surface area contributed by atoms with E-state index in [0.29, 0.717) is 17.9 Å². The first-order chi connectivity index (χ1) is 12.6. The third-order valence-electron chi connectivity index (χ3n) is 4.37. The summed E-state index contributed by atoms with van der Waals surface area (Å²) in [5.74, 6) is -0.137. The molecule has 0 unspecified atom stereocenters. The number of rotatable bonds is 6. The normalized spacial score (nSPS) is 13.3. The summed E-state index contributed by atoms with van der Waals surface area (Å²) in [6.07, 6.45) is 0.250. The molecule has 1 aliphatic rings. The summed E-state index contributed by atoms with van der Waals surface area (Å²) in [7, 11) is 1.58. The van der Waals surface area contributed by atoms with Gasteiger partial charge in [-0.25, -0.2) is 0 Å². The number of nitrogens with one attached hydrogen (secondary N) is 1. The third-order valence-corrected chi connectivity index (χ3v) is 4.37. The summed E-state index contributed by atoms with van der Waals surface area (Å²) < 4.78 is 5.25. The lowest BCUT2D eigenvalue weighted by molar-refractivity contribution is -0.129. The molecular formula is C20H20N2O4. The number of nitrogens with zero attached hydrogens (tertiary/aromatic N) is 1. The number of methoxy groups -OCH3 is 1. The van der Waals surface area contributed by atoms with Crippen molar-refractivity contribution in [3.05, 3.63) is 65.2 Å². The van der Waals surface area contributed by atoms with Gasteiger partial charge in [0.15, 0.2) is 0 Å². The highest BCUT2D eigenvalue weighted by Gasteiger charge is 2.30. The Morgan fingerprint density at radius 3 is 2.65 bits per heavy atom. The minimum Gasteiger partial charge on any atom is -0.496 e. The van der Waals surface area contributed by atoms with E-state index in [-0.39, 0.29) is 37.1 Å². The fourth-order valence-electron chi connectivity index (χ4n) is 2.97. The maximum atomic E-state index is 12.5. The lowest BCUT2D eigenvalue weighted by Gasteiger charge is -2.26. The maximum absolute atomic E-state index is 12.5. The van der Waals surface area contributed by atoms with Gasteiger partial charge in [-0.15, -0.1) is 0 Å². The van der Waals surface area contributed by atoms with Crippen molar-refractivity contribution in [3.8, 4) is 5.75 Å². The fraction of sp³-hybridized carbons (Fsp3) is 0.250. The van der Waals surface area contributed by atoms with E-state index in [1.807, 2.05) is 24.3 Å². The van der Waals surface area contributed by atoms with Crippen LogP contribution in [0.3, 0.4) is 0 Å². The largest absolute Gasteiger partial charge is 0.496 e. The molecule has 0 spiro atoms. The van der Waals surface area contributed by atoms with E-state index in [1.54, 1.807) is 31.4 Å². The Labute approximate surface area is 151 Å². The highest BCUT2D eigenvalue weighted by molar-refractivity contribution is 6.09. The van der Waals surface area contributed by atoms with Crippen LogP contribution in [0.5, 0.6) is 5.75 Å². The lowest BCUT2D eigenvalue weighted by atomic mass is 9.98. The Balaban J connectivity index is 1.56. The third kappa shape index (κ3) is 3.74. The molecule has 1 aliphatic heterocycles. The van der Waals surface area contributed by atoms with Gasteiger partial charge in [0.2, 0.25) is 11.8 Å². The molecule has 0 radical (unpaired) electrons. The number of hydrogen-bond donors (Lipinski definition) is 1. The highest BCUT2D eigenvalue weighted by atomic mass is 16.5. The predicted octanol–water partition coefficient (Wildman–Crippen LogP) is 1.93. The highest BCUT2D eigenvalue weighted by Crippen LogP contribution is 2.20. The number of hydrogen-bond acceptors (Lipinski definition) is 4. The molecule has 0 aliphatic carbocycles. The van der Waals surface area contributed by atoms with Crippen LogP contribution in [-0.2, 0) is 22.6 Å². The smallest absolute Gasteiger partial charge is 0.260 e. The molecular weight excluding hydrogens is 332 g/mol. The van der Waals surface area contributed by atoms with Gasteiger partial charge in [0.05, 0.1) is 13.5 Å². The van der Waals surface area contributed by atoms with Gasteiger partial charge in [0.25, 0.3) is 5.91 Å². The Bertz CT molecular complexity index is 847. The Hall–Kier alpha value is -3.15. The molecule has 0 saturated carbocycles. The van der Waals surface area contributed by atoms with Crippen LogP contribution >= 0.6 is 0 Å². The van der Waals surface area contributed by atoms with Crippen LogP contribution < -0.4 is 10.1 Å². The van der Waals surface area contributed by atoms with Gasteiger partial charge >= 0.3 is 0 Å². The first-order valence-corrected chi connectivity index (χ1v) is 8.41. The summed E-state index contributed by atoms with van der Waals surface area (Å²) in [5, 5.41) is 2.79. The van der Waals surface area contributed by atoms with E-state index in [4.69, 9.17) is 4.74 Å². The van der Waals surface area contributed by atoms with Crippen molar-refractivity contribution in [2.75, 3.05) is 13.7 Å². The molecule has 26 heavy (non-hydrogen) atoms. The van der Waals surface area contributed by atoms with E-state index in [9.17, 15) is 14.4 Å².